The molecule has 0 aliphatic carbocycles. The number of amides is 2. The minimum Gasteiger partial charge on any atom is -0.321 e. The molecule has 30 heavy (non-hydrogen) atoms. The molecule has 0 fully saturated rings. The van der Waals surface area contributed by atoms with Crippen LogP contribution in [0.15, 0.2) is 53.5 Å². The molecule has 8 nitrogen and oxygen atoms in total. The summed E-state index contributed by atoms with van der Waals surface area (Å²) in [5, 5.41) is 9.58. The van der Waals surface area contributed by atoms with E-state index in [1.165, 1.54) is 12.1 Å². The molecule has 8 heteroatoms. The average molecular weight is 405 g/mol. The van der Waals surface area contributed by atoms with Crippen molar-refractivity contribution >= 4 is 23.3 Å². The lowest BCUT2D eigenvalue weighted by atomic mass is 10.1. The minimum absolute atomic E-state index is 0.0190. The van der Waals surface area contributed by atoms with Gasteiger partial charge in [0.2, 0.25) is 5.91 Å². The number of hydrogen-bond acceptors (Lipinski definition) is 5. The highest BCUT2D eigenvalue weighted by Crippen LogP contribution is 2.15. The molecule has 2 N–H and O–H groups in total. The van der Waals surface area contributed by atoms with Crippen LogP contribution in [-0.4, -0.2) is 26.6 Å². The van der Waals surface area contributed by atoms with Gasteiger partial charge in [-0.25, -0.2) is 9.67 Å². The Kier molecular flexibility index (Phi) is 6.36. The van der Waals surface area contributed by atoms with E-state index in [4.69, 9.17) is 0 Å². The predicted molar refractivity (Wildman–Crippen MR) is 115 cm³/mol. The number of anilines is 2. The second-order valence-electron chi connectivity index (χ2n) is 7.00. The molecular weight excluding hydrogens is 382 g/mol. The molecule has 2 aromatic heterocycles. The van der Waals surface area contributed by atoms with E-state index < -0.39 is 5.91 Å². The summed E-state index contributed by atoms with van der Waals surface area (Å²) in [5.41, 5.74) is 3.37. The van der Waals surface area contributed by atoms with Crippen LogP contribution in [0.4, 0.5) is 11.5 Å². The molecule has 154 valence electrons. The molecule has 1 aromatic carbocycles. The highest BCUT2D eigenvalue weighted by molar-refractivity contribution is 6.02. The van der Waals surface area contributed by atoms with E-state index in [-0.39, 0.29) is 30.1 Å². The molecule has 2 amide bonds. The number of benzene rings is 1. The van der Waals surface area contributed by atoms with Crippen LogP contribution in [0, 0.1) is 20.8 Å². The van der Waals surface area contributed by atoms with Crippen molar-refractivity contribution in [1.82, 2.24) is 14.8 Å². The molecule has 0 saturated carbocycles. The third kappa shape index (κ3) is 5.16. The first-order chi connectivity index (χ1) is 14.3. The molecule has 3 rings (SSSR count). The fourth-order valence-electron chi connectivity index (χ4n) is 2.76. The lowest BCUT2D eigenvalue weighted by Crippen LogP contribution is -2.28. The van der Waals surface area contributed by atoms with Crippen molar-refractivity contribution in [2.75, 3.05) is 10.6 Å². The first-order valence-corrected chi connectivity index (χ1v) is 9.52. The molecule has 2 heterocycles. The standard InChI is InChI=1S/C22H23N5O3/c1-14-6-7-17(13-16(14)3)24-22(30)18-8-9-20(29)27(26-18)12-10-19(28)25-21-15(2)5-4-11-23-21/h4-9,11,13H,10,12H2,1-3H3,(H,24,30)(H,23,25,28). The molecule has 0 spiro atoms. The van der Waals surface area contributed by atoms with E-state index in [9.17, 15) is 14.4 Å². The Bertz CT molecular complexity index is 1150. The monoisotopic (exact) mass is 405 g/mol. The summed E-state index contributed by atoms with van der Waals surface area (Å²) in [7, 11) is 0. The van der Waals surface area contributed by atoms with E-state index in [2.05, 4.69) is 20.7 Å². The van der Waals surface area contributed by atoms with Crippen molar-refractivity contribution in [3.63, 3.8) is 0 Å². The van der Waals surface area contributed by atoms with E-state index >= 15 is 0 Å². The summed E-state index contributed by atoms with van der Waals surface area (Å²) in [6, 6.07) is 11.8. The number of nitrogens with one attached hydrogen (secondary N) is 2. The minimum atomic E-state index is -0.430. The molecule has 0 saturated heterocycles. The highest BCUT2D eigenvalue weighted by Gasteiger charge is 2.12. The van der Waals surface area contributed by atoms with Gasteiger partial charge in [0, 0.05) is 24.4 Å². The van der Waals surface area contributed by atoms with Crippen LogP contribution in [0.25, 0.3) is 0 Å². The van der Waals surface area contributed by atoms with Gasteiger partial charge in [0.15, 0.2) is 0 Å². The number of pyridine rings is 1. The topological polar surface area (TPSA) is 106 Å². The van der Waals surface area contributed by atoms with Gasteiger partial charge in [-0.3, -0.25) is 14.4 Å². The molecule has 0 aliphatic rings. The maximum Gasteiger partial charge on any atom is 0.276 e. The van der Waals surface area contributed by atoms with Gasteiger partial charge in [-0.1, -0.05) is 12.1 Å². The second kappa shape index (κ2) is 9.13. The van der Waals surface area contributed by atoms with Crippen LogP contribution in [0.2, 0.25) is 0 Å². The number of nitrogens with zero attached hydrogens (tertiary/aromatic N) is 3. The van der Waals surface area contributed by atoms with Crippen LogP contribution in [0.3, 0.4) is 0 Å². The van der Waals surface area contributed by atoms with E-state index in [0.717, 1.165) is 21.4 Å². The van der Waals surface area contributed by atoms with Gasteiger partial charge in [-0.05, 0) is 61.7 Å². The molecule has 0 bridgehead atoms. The summed E-state index contributed by atoms with van der Waals surface area (Å²) in [4.78, 5) is 40.9. The Morgan fingerprint density at radius 1 is 0.967 bits per heavy atom. The highest BCUT2D eigenvalue weighted by atomic mass is 16.2. The number of aryl methyl sites for hydroxylation is 4. The van der Waals surface area contributed by atoms with Crippen molar-refractivity contribution < 1.29 is 9.59 Å². The number of rotatable bonds is 6. The molecular formula is C22H23N5O3. The molecule has 3 aromatic rings. The van der Waals surface area contributed by atoms with E-state index in [1.807, 2.05) is 39.0 Å². The van der Waals surface area contributed by atoms with Crippen LogP contribution < -0.4 is 16.2 Å². The van der Waals surface area contributed by atoms with E-state index in [0.29, 0.717) is 11.5 Å². The third-order valence-corrected chi connectivity index (χ3v) is 4.68. The van der Waals surface area contributed by atoms with Gasteiger partial charge in [-0.2, -0.15) is 5.10 Å². The number of carbonyl (C=O) groups is 2. The quantitative estimate of drug-likeness (QED) is 0.656. The SMILES string of the molecule is Cc1ccc(NC(=O)c2ccc(=O)n(CCC(=O)Nc3ncccc3C)n2)cc1C. The van der Waals surface area contributed by atoms with Gasteiger partial charge < -0.3 is 10.6 Å². The lowest BCUT2D eigenvalue weighted by Gasteiger charge is -2.10. The van der Waals surface area contributed by atoms with Gasteiger partial charge in [0.05, 0.1) is 6.54 Å². The molecule has 0 unspecified atom stereocenters. The first-order valence-electron chi connectivity index (χ1n) is 9.52. The molecule has 0 radical (unpaired) electrons. The Balaban J connectivity index is 1.66. The van der Waals surface area contributed by atoms with E-state index in [1.54, 1.807) is 18.3 Å². The maximum atomic E-state index is 12.5. The largest absolute Gasteiger partial charge is 0.321 e. The molecule has 0 aliphatic heterocycles. The van der Waals surface area contributed by atoms with Crippen molar-refractivity contribution in [3.05, 3.63) is 81.4 Å². The van der Waals surface area contributed by atoms with Crippen molar-refractivity contribution in [2.24, 2.45) is 0 Å². The van der Waals surface area contributed by atoms with Crippen LogP contribution >= 0.6 is 0 Å². The fourth-order valence-corrected chi connectivity index (χ4v) is 2.76. The average Bonchev–Trinajstić information content (AvgIpc) is 2.72. The van der Waals surface area contributed by atoms with Gasteiger partial charge >= 0.3 is 0 Å². The summed E-state index contributed by atoms with van der Waals surface area (Å²) in [6.45, 7) is 5.83. The van der Waals surface area contributed by atoms with Gasteiger partial charge in [0.1, 0.15) is 11.5 Å². The van der Waals surface area contributed by atoms with Gasteiger partial charge in [0.25, 0.3) is 11.5 Å². The Hall–Kier alpha value is -3.81. The zero-order valence-electron chi connectivity index (χ0n) is 17.1. The zero-order valence-corrected chi connectivity index (χ0v) is 17.1. The number of aromatic nitrogens is 3. The lowest BCUT2D eigenvalue weighted by molar-refractivity contribution is -0.116. The Morgan fingerprint density at radius 3 is 2.50 bits per heavy atom. The zero-order chi connectivity index (χ0) is 21.7. The number of carbonyl (C=O) groups excluding carboxylic acids is 2. The summed E-state index contributed by atoms with van der Waals surface area (Å²) >= 11 is 0. The fraction of sp³-hybridized carbons (Fsp3) is 0.227. The van der Waals surface area contributed by atoms with Crippen molar-refractivity contribution in [2.45, 2.75) is 33.7 Å². The Morgan fingerprint density at radius 2 is 1.77 bits per heavy atom. The predicted octanol–water partition coefficient (Wildman–Crippen LogP) is 2.84. The first kappa shape index (κ1) is 20.9. The third-order valence-electron chi connectivity index (χ3n) is 4.68. The normalized spacial score (nSPS) is 10.5. The van der Waals surface area contributed by atoms with Crippen LogP contribution in [0.5, 0.6) is 0 Å². The van der Waals surface area contributed by atoms with Crippen molar-refractivity contribution in [3.8, 4) is 0 Å². The second-order valence-corrected chi connectivity index (χ2v) is 7.00. The summed E-state index contributed by atoms with van der Waals surface area (Å²) in [6.07, 6.45) is 1.61. The Labute approximate surface area is 174 Å². The number of hydrogen-bond donors (Lipinski definition) is 2. The van der Waals surface area contributed by atoms with Gasteiger partial charge in [-0.15, -0.1) is 0 Å². The van der Waals surface area contributed by atoms with Crippen LogP contribution in [-0.2, 0) is 11.3 Å². The molecule has 0 atom stereocenters. The van der Waals surface area contributed by atoms with Crippen molar-refractivity contribution in [1.29, 1.82) is 0 Å². The smallest absolute Gasteiger partial charge is 0.276 e. The van der Waals surface area contributed by atoms with Crippen LogP contribution in [0.1, 0.15) is 33.6 Å². The summed E-state index contributed by atoms with van der Waals surface area (Å²) in [5.74, 6) is -0.250. The maximum absolute atomic E-state index is 12.5. The summed E-state index contributed by atoms with van der Waals surface area (Å²) < 4.78 is 1.11.